The summed E-state index contributed by atoms with van der Waals surface area (Å²) in [6.45, 7) is 84.4. The van der Waals surface area contributed by atoms with Crippen molar-refractivity contribution >= 4 is 0 Å². The lowest BCUT2D eigenvalue weighted by Crippen LogP contribution is -2.24. The molecule has 0 saturated heterocycles. The van der Waals surface area contributed by atoms with Crippen molar-refractivity contribution in [1.82, 2.24) is 0 Å². The first-order valence-corrected chi connectivity index (χ1v) is 35.8. The molecule has 96 heavy (non-hydrogen) atoms. The standard InChI is InChI=1S/C17H28.3C14H22.C13H20.2C12H18/c1-12(2)13-10-9-11-14(16(3,4)5)15(13)17(6,7)8;1-13(2,3)11-7-9-12(10-8-11)14(4,5)6;1-13(2,3)11-9-7-8-10-12(11)14(4,5)6;1-6-11-9-8-10-12(7-2)13(11)14(3,4)5;1-9-7-10(2)12(11(3)8-9)13(4,5)6;2*1-9-7-6-8-10(2)11(9)12(3,4)5/h9-12H,1-8H3;2*7-10H,1-6H3;8-10H,6-7H2,1-5H3;7-8H,1-6H3;2*6-8H,1-5H3/i12D;;;6D2,7D2;1D3;;. The zero-order chi connectivity index (χ0) is 82.1. The fourth-order valence-corrected chi connectivity index (χ4v) is 13.6. The molecule has 0 aliphatic rings. The molecule has 0 radical (unpaired) electrons. The Morgan fingerprint density at radius 3 is 0.781 bits per heavy atom. The first-order valence-electron chi connectivity index (χ1n) is 39.8. The van der Waals surface area contributed by atoms with Gasteiger partial charge in [0, 0.05) is 11.0 Å². The summed E-state index contributed by atoms with van der Waals surface area (Å²) in [6, 6.07) is 46.0. The van der Waals surface area contributed by atoms with Crippen molar-refractivity contribution in [1.29, 1.82) is 0 Å². The maximum atomic E-state index is 8.39. The zero-order valence-electron chi connectivity index (χ0n) is 77.7. The summed E-state index contributed by atoms with van der Waals surface area (Å²) in [5.74, 6) is -0.552. The van der Waals surface area contributed by atoms with E-state index in [0.29, 0.717) is 16.7 Å². The third-order valence-electron chi connectivity index (χ3n) is 17.4. The lowest BCUT2D eigenvalue weighted by Gasteiger charge is -2.33. The van der Waals surface area contributed by atoms with Gasteiger partial charge in [-0.15, -0.1) is 0 Å². The minimum atomic E-state index is -2.01. The Bertz CT molecular complexity index is 3490. The van der Waals surface area contributed by atoms with Gasteiger partial charge in [0.1, 0.15) is 0 Å². The predicted octanol–water partition coefficient (Wildman–Crippen LogP) is 29.2. The largest absolute Gasteiger partial charge is 0.0620 e. The Kier molecular flexibility index (Phi) is 27.3. The minimum absolute atomic E-state index is 0.0570. The van der Waals surface area contributed by atoms with Crippen LogP contribution in [0.2, 0.25) is 0 Å². The van der Waals surface area contributed by atoms with Crippen LogP contribution < -0.4 is 0 Å². The summed E-state index contributed by atoms with van der Waals surface area (Å²) in [5, 5.41) is 0. The summed E-state index contributed by atoms with van der Waals surface area (Å²) in [7, 11) is 0. The van der Waals surface area contributed by atoms with Gasteiger partial charge in [0.2, 0.25) is 0 Å². The van der Waals surface area contributed by atoms with Gasteiger partial charge in [-0.2, -0.15) is 0 Å². The Labute approximate surface area is 609 Å². The molecule has 7 aromatic carbocycles. The molecular weight excluding hydrogens is 1150 g/mol. The molecule has 0 heterocycles. The molecule has 0 N–H and O–H groups in total. The molecule has 0 atom stereocenters. The van der Waals surface area contributed by atoms with Crippen LogP contribution in [0.3, 0.4) is 0 Å². The van der Waals surface area contributed by atoms with Crippen LogP contribution in [0, 0.1) is 48.4 Å². The third-order valence-corrected chi connectivity index (χ3v) is 17.4. The van der Waals surface area contributed by atoms with Gasteiger partial charge in [0.25, 0.3) is 0 Å². The average Bonchev–Trinajstić information content (AvgIpc) is 0.771. The summed E-state index contributed by atoms with van der Waals surface area (Å²) in [4.78, 5) is 0. The monoisotopic (exact) mass is 1310 g/mol. The van der Waals surface area contributed by atoms with E-state index in [4.69, 9.17) is 11.0 Å². The first-order chi connectivity index (χ1) is 46.0. The fourth-order valence-electron chi connectivity index (χ4n) is 13.6. The summed E-state index contributed by atoms with van der Waals surface area (Å²) >= 11 is 0. The Morgan fingerprint density at radius 2 is 0.552 bits per heavy atom. The second-order valence-corrected chi connectivity index (χ2v) is 37.6. The van der Waals surface area contributed by atoms with E-state index in [1.165, 1.54) is 86.2 Å². The van der Waals surface area contributed by atoms with Crippen LogP contribution in [-0.4, -0.2) is 0 Å². The van der Waals surface area contributed by atoms with E-state index >= 15 is 0 Å². The normalized spacial score (nSPS) is 14.2. The van der Waals surface area contributed by atoms with Crippen molar-refractivity contribution in [2.75, 3.05) is 0 Å². The van der Waals surface area contributed by atoms with Crippen LogP contribution in [0.1, 0.15) is 364 Å². The molecule has 0 amide bonds. The molecule has 0 aliphatic carbocycles. The van der Waals surface area contributed by atoms with Gasteiger partial charge in [0.05, 0.1) is 0 Å². The lowest BCUT2D eigenvalue weighted by molar-refractivity contribution is 0.521. The van der Waals surface area contributed by atoms with Crippen LogP contribution in [0.5, 0.6) is 0 Å². The Morgan fingerprint density at radius 1 is 0.292 bits per heavy atom. The number of aryl methyl sites for hydroxylation is 9. The highest BCUT2D eigenvalue weighted by atomic mass is 14.3. The predicted molar refractivity (Wildman–Crippen MR) is 438 cm³/mol. The molecule has 7 aromatic rings. The molecule has 0 bridgehead atoms. The second kappa shape index (κ2) is 35.0. The molecule has 0 aromatic heterocycles. The second-order valence-electron chi connectivity index (χ2n) is 37.6. The van der Waals surface area contributed by atoms with Crippen LogP contribution >= 0.6 is 0 Å². The van der Waals surface area contributed by atoms with E-state index in [9.17, 15) is 0 Å². The van der Waals surface area contributed by atoms with E-state index in [2.05, 4.69) is 318 Å². The smallest absolute Gasteiger partial charge is 0.0347 e. The molecule has 7 rings (SSSR count). The molecule has 0 unspecified atom stereocenters. The molecule has 0 saturated carbocycles. The average molecular weight is 1310 g/mol. The van der Waals surface area contributed by atoms with Gasteiger partial charge in [0.15, 0.2) is 0 Å². The quantitative estimate of drug-likeness (QED) is 0.165. The maximum Gasteiger partial charge on any atom is 0.0347 e. The van der Waals surface area contributed by atoms with Crippen molar-refractivity contribution in [3.8, 4) is 0 Å². The number of benzene rings is 7. The Balaban J connectivity index is 0.000000610. The minimum Gasteiger partial charge on any atom is -0.0620 e. The number of rotatable bonds is 3. The van der Waals surface area contributed by atoms with Gasteiger partial charge < -0.3 is 0 Å². The van der Waals surface area contributed by atoms with Crippen LogP contribution in [-0.2, 0) is 66.9 Å². The third kappa shape index (κ3) is 28.0. The SMILES string of the molecule is CC(C)(C)c1ccc(C(C)(C)C)cc1.CC(C)(C)c1ccccc1C(C)(C)C.Cc1cccc(C)c1C(C)(C)C.Cc1cccc(C)c1C(C)(C)C.[2H]C(C)(C)c1cccc(C(C)(C)C)c1C(C)(C)C.[2H]C([2H])(C)c1cccc(C([2H])([2H])C)c1C(C)(C)C.[2H]C([2H])([2H])c1cc(C)c(C(C)(C)C)c(C)c1. The topological polar surface area (TPSA) is 0 Å². The molecule has 0 aliphatic heterocycles. The maximum absolute atomic E-state index is 8.39. The number of hydrogen-bond acceptors (Lipinski definition) is 0. The molecule has 0 fully saturated rings. The van der Waals surface area contributed by atoms with Gasteiger partial charge >= 0.3 is 0 Å². The van der Waals surface area contributed by atoms with E-state index in [0.717, 1.165) is 22.3 Å². The van der Waals surface area contributed by atoms with E-state index in [1.54, 1.807) is 30.3 Å². The van der Waals surface area contributed by atoms with Crippen molar-refractivity contribution in [2.24, 2.45) is 0 Å². The highest BCUT2D eigenvalue weighted by molar-refractivity contribution is 5.47. The van der Waals surface area contributed by atoms with E-state index in [1.807, 2.05) is 48.5 Å². The highest BCUT2D eigenvalue weighted by Crippen LogP contribution is 2.40. The van der Waals surface area contributed by atoms with Crippen LogP contribution in [0.15, 0.2) is 133 Å². The Hall–Kier alpha value is -5.46. The summed E-state index contributed by atoms with van der Waals surface area (Å²) < 4.78 is 62.4. The summed E-state index contributed by atoms with van der Waals surface area (Å²) in [6.07, 6.45) is -2.94. The van der Waals surface area contributed by atoms with E-state index in [-0.39, 0.29) is 54.1 Å². The highest BCUT2D eigenvalue weighted by Gasteiger charge is 2.29. The van der Waals surface area contributed by atoms with Crippen LogP contribution in [0.4, 0.5) is 0 Å². The molecule has 0 spiro atoms. The first kappa shape index (κ1) is 74.8. The molecule has 0 nitrogen and oxygen atoms in total. The van der Waals surface area contributed by atoms with Crippen molar-refractivity contribution < 1.29 is 11.0 Å². The van der Waals surface area contributed by atoms with Crippen molar-refractivity contribution in [2.45, 2.75) is 357 Å². The van der Waals surface area contributed by atoms with Gasteiger partial charge in [-0.3, -0.25) is 0 Å². The van der Waals surface area contributed by atoms with Gasteiger partial charge in [-0.25, -0.2) is 0 Å². The van der Waals surface area contributed by atoms with Crippen LogP contribution in [0.25, 0.3) is 0 Å². The fraction of sp³-hybridized carbons (Fsp3) is 0.562. The van der Waals surface area contributed by atoms with Crippen molar-refractivity contribution in [3.63, 3.8) is 0 Å². The van der Waals surface area contributed by atoms with E-state index < -0.39 is 25.5 Å². The molecule has 534 valence electrons. The molecule has 0 heteroatoms. The zero-order valence-corrected chi connectivity index (χ0v) is 69.7. The van der Waals surface area contributed by atoms with Gasteiger partial charge in [-0.05, 0) is 227 Å². The van der Waals surface area contributed by atoms with Gasteiger partial charge in [-0.1, -0.05) is 374 Å². The lowest BCUT2D eigenvalue weighted by atomic mass is 9.71. The molecular formula is C96H150. The van der Waals surface area contributed by atoms with Crippen molar-refractivity contribution in [3.05, 3.63) is 245 Å². The summed E-state index contributed by atoms with van der Waals surface area (Å²) in [5.41, 5.74) is 25.5. The number of hydrogen-bond donors (Lipinski definition) is 0.